The van der Waals surface area contributed by atoms with Crippen LogP contribution in [0.5, 0.6) is 0 Å². The zero-order chi connectivity index (χ0) is 34.1. The summed E-state index contributed by atoms with van der Waals surface area (Å²) in [5, 5.41) is 2.59. The van der Waals surface area contributed by atoms with Crippen molar-refractivity contribution in [2.45, 2.75) is 53.6 Å². The van der Waals surface area contributed by atoms with E-state index in [-0.39, 0.29) is 24.6 Å². The number of rotatable bonds is 11. The van der Waals surface area contributed by atoms with Crippen LogP contribution in [0.15, 0.2) is 60.2 Å². The predicted molar refractivity (Wildman–Crippen MR) is 179 cm³/mol. The van der Waals surface area contributed by atoms with E-state index in [0.29, 0.717) is 43.1 Å². The van der Waals surface area contributed by atoms with Gasteiger partial charge in [0.15, 0.2) is 0 Å². The highest BCUT2D eigenvalue weighted by Gasteiger charge is 2.32. The lowest BCUT2D eigenvalue weighted by atomic mass is 10.0. The molecule has 2 fully saturated rings. The van der Waals surface area contributed by atoms with Gasteiger partial charge in [-0.1, -0.05) is 50.6 Å². The molecule has 252 valence electrons. The van der Waals surface area contributed by atoms with E-state index in [1.54, 1.807) is 30.2 Å². The van der Waals surface area contributed by atoms with Crippen molar-refractivity contribution in [3.05, 3.63) is 71.8 Å². The third-order valence-electron chi connectivity index (χ3n) is 7.23. The van der Waals surface area contributed by atoms with Gasteiger partial charge in [0, 0.05) is 52.4 Å². The Morgan fingerprint density at radius 1 is 1.07 bits per heavy atom. The average Bonchev–Trinajstić information content (AvgIpc) is 3.44. The first-order chi connectivity index (χ1) is 22.2. The maximum Gasteiger partial charge on any atom is 0.414 e. The summed E-state index contributed by atoms with van der Waals surface area (Å²) in [5.41, 5.74) is 2.68. The van der Waals surface area contributed by atoms with Crippen molar-refractivity contribution >= 4 is 29.8 Å². The molecule has 1 N–H and O–H groups in total. The second kappa shape index (κ2) is 20.0. The van der Waals surface area contributed by atoms with Gasteiger partial charge in [0.25, 0.3) is 0 Å². The number of allylic oxidation sites excluding steroid dienone is 3. The molecule has 0 saturated carbocycles. The van der Waals surface area contributed by atoms with Crippen LogP contribution in [-0.4, -0.2) is 82.4 Å². The van der Waals surface area contributed by atoms with E-state index in [1.165, 1.54) is 35.6 Å². The molecule has 2 aliphatic rings. The molecule has 3 amide bonds. The van der Waals surface area contributed by atoms with Crippen LogP contribution in [0.4, 0.5) is 25.0 Å². The number of nitrogens with one attached hydrogen (secondary N) is 1. The van der Waals surface area contributed by atoms with Crippen molar-refractivity contribution in [1.29, 1.82) is 0 Å². The minimum absolute atomic E-state index is 0.175. The third-order valence-corrected chi connectivity index (χ3v) is 7.23. The number of methoxy groups -OCH3 is 1. The van der Waals surface area contributed by atoms with Crippen LogP contribution in [0.2, 0.25) is 0 Å². The number of anilines is 2. The summed E-state index contributed by atoms with van der Waals surface area (Å²) in [6.07, 6.45) is 8.16. The first-order valence-electron chi connectivity index (χ1n) is 15.7. The van der Waals surface area contributed by atoms with Gasteiger partial charge in [-0.15, -0.1) is 0 Å². The van der Waals surface area contributed by atoms with E-state index in [2.05, 4.69) is 37.4 Å². The largest absolute Gasteiger partial charge is 0.442 e. The molecule has 1 atom stereocenters. The topological polar surface area (TPSA) is 91.4 Å². The number of amides is 3. The Morgan fingerprint density at radius 3 is 2.37 bits per heavy atom. The van der Waals surface area contributed by atoms with E-state index < -0.39 is 23.8 Å². The second-order valence-corrected chi connectivity index (χ2v) is 10.6. The molecule has 2 saturated heterocycles. The summed E-state index contributed by atoms with van der Waals surface area (Å²) in [6, 6.07) is 8.82. The number of benzene rings is 2. The van der Waals surface area contributed by atoms with Gasteiger partial charge in [-0.05, 0) is 55.7 Å². The van der Waals surface area contributed by atoms with Gasteiger partial charge in [0.2, 0.25) is 12.3 Å². The lowest BCUT2D eigenvalue weighted by Crippen LogP contribution is -2.46. The molecule has 0 aliphatic carbocycles. The van der Waals surface area contributed by atoms with Crippen molar-refractivity contribution in [2.75, 3.05) is 62.8 Å². The molecule has 4 rings (SSSR count). The Bertz CT molecular complexity index is 1340. The summed E-state index contributed by atoms with van der Waals surface area (Å²) >= 11 is 0. The molecular formula is C35H48F2N4O5. The molecule has 46 heavy (non-hydrogen) atoms. The van der Waals surface area contributed by atoms with Crippen molar-refractivity contribution in [3.63, 3.8) is 0 Å². The molecule has 1 unspecified atom stereocenters. The van der Waals surface area contributed by atoms with E-state index in [0.717, 1.165) is 25.9 Å². The van der Waals surface area contributed by atoms with E-state index >= 15 is 0 Å². The molecule has 9 nitrogen and oxygen atoms in total. The van der Waals surface area contributed by atoms with Crippen LogP contribution < -0.4 is 15.1 Å². The van der Waals surface area contributed by atoms with Crippen LogP contribution >= 0.6 is 0 Å². The number of cyclic esters (lactones) is 1. The minimum Gasteiger partial charge on any atom is -0.442 e. The van der Waals surface area contributed by atoms with E-state index in [4.69, 9.17) is 9.47 Å². The normalized spacial score (nSPS) is 16.3. The Morgan fingerprint density at radius 2 is 1.78 bits per heavy atom. The first-order valence-corrected chi connectivity index (χ1v) is 15.7. The molecule has 11 heteroatoms. The van der Waals surface area contributed by atoms with Gasteiger partial charge >= 0.3 is 6.09 Å². The summed E-state index contributed by atoms with van der Waals surface area (Å²) in [5.74, 6) is -1.31. The summed E-state index contributed by atoms with van der Waals surface area (Å²) < 4.78 is 39.9. The Kier molecular flexibility index (Phi) is 16.5. The zero-order valence-corrected chi connectivity index (χ0v) is 27.9. The van der Waals surface area contributed by atoms with Crippen LogP contribution in [0.25, 0.3) is 11.1 Å². The smallest absolute Gasteiger partial charge is 0.414 e. The van der Waals surface area contributed by atoms with Crippen molar-refractivity contribution in [3.8, 4) is 11.1 Å². The number of halogens is 2. The fourth-order valence-corrected chi connectivity index (χ4v) is 4.72. The highest BCUT2D eigenvalue weighted by Crippen LogP contribution is 2.32. The molecule has 2 aromatic carbocycles. The Balaban J connectivity index is 0.000000482. The fraction of sp³-hybridized carbons (Fsp3) is 0.457. The maximum atomic E-state index is 14.9. The third kappa shape index (κ3) is 11.6. The van der Waals surface area contributed by atoms with Gasteiger partial charge in [0.05, 0.1) is 24.5 Å². The number of carbonyl (C=O) groups excluding carboxylic acids is 3. The summed E-state index contributed by atoms with van der Waals surface area (Å²) in [4.78, 5) is 38.9. The Hall–Kier alpha value is -4.25. The molecule has 0 bridgehead atoms. The number of nitrogens with zero attached hydrogens (tertiary/aromatic N) is 3. The average molecular weight is 643 g/mol. The van der Waals surface area contributed by atoms with Gasteiger partial charge in [-0.2, -0.15) is 0 Å². The number of piperazine rings is 1. The summed E-state index contributed by atoms with van der Waals surface area (Å²) in [6.45, 7) is 12.9. The quantitative estimate of drug-likeness (QED) is 0.228. The van der Waals surface area contributed by atoms with Crippen molar-refractivity contribution < 1.29 is 32.6 Å². The van der Waals surface area contributed by atoms with E-state index in [9.17, 15) is 23.2 Å². The van der Waals surface area contributed by atoms with Crippen molar-refractivity contribution in [1.82, 2.24) is 10.2 Å². The lowest BCUT2D eigenvalue weighted by Gasteiger charge is -2.34. The number of hydrogen-bond acceptors (Lipinski definition) is 6. The van der Waals surface area contributed by atoms with E-state index in [1.807, 2.05) is 18.7 Å². The summed E-state index contributed by atoms with van der Waals surface area (Å²) in [7, 11) is 1.73. The molecule has 0 radical (unpaired) electrons. The number of carbonyl (C=O) groups is 3. The highest BCUT2D eigenvalue weighted by atomic mass is 19.1. The van der Waals surface area contributed by atoms with Gasteiger partial charge in [-0.3, -0.25) is 14.5 Å². The number of ether oxygens (including phenoxy) is 2. The van der Waals surface area contributed by atoms with Gasteiger partial charge in [-0.25, -0.2) is 13.6 Å². The van der Waals surface area contributed by atoms with Crippen molar-refractivity contribution in [2.24, 2.45) is 0 Å². The lowest BCUT2D eigenvalue weighted by molar-refractivity contribution is -0.119. The van der Waals surface area contributed by atoms with Gasteiger partial charge in [0.1, 0.15) is 17.7 Å². The van der Waals surface area contributed by atoms with Crippen LogP contribution in [0, 0.1) is 11.6 Å². The fourth-order valence-electron chi connectivity index (χ4n) is 4.72. The number of hydrogen-bond donors (Lipinski definition) is 1. The molecule has 0 spiro atoms. The Labute approximate surface area is 271 Å². The molecule has 2 heterocycles. The van der Waals surface area contributed by atoms with Gasteiger partial charge < -0.3 is 24.6 Å². The standard InChI is InChI=1S/C23H24F2N4O4.C10H18O.C2H6/c1-15(31)26-12-18-13-29(23(32)33-18)17-3-4-19(20(24)11-17)16-2-5-22(21(25)10-16)28-8-6-27(14-30)7-9-28;1-4-5-6-7-10(2)8-9-11-3;1-2/h2-5,10-11,14,18H,6-9,12-13H2,1H3,(H,26,31);5-7H,4,8-9H2,1-3H3;1-2H3/b;6-5-,10-7+;. The monoisotopic (exact) mass is 642 g/mol. The highest BCUT2D eigenvalue weighted by molar-refractivity contribution is 5.90. The SMILES string of the molecule is CC.CC(=O)NCC1CN(c2ccc(-c3ccc(N4CCN(C=O)CC4)c(F)c3)c(F)c2)C(=O)O1.CC/C=C\C=C(/C)CCOC. The molecule has 2 aliphatic heterocycles. The second-order valence-electron chi connectivity index (χ2n) is 10.6. The zero-order valence-electron chi connectivity index (χ0n) is 27.9. The van der Waals surface area contributed by atoms with Crippen LogP contribution in [0.3, 0.4) is 0 Å². The molecule has 0 aromatic heterocycles. The van der Waals surface area contributed by atoms with Crippen LogP contribution in [-0.2, 0) is 19.1 Å². The predicted octanol–water partition coefficient (Wildman–Crippen LogP) is 6.33. The molecule has 2 aromatic rings. The molecular weight excluding hydrogens is 594 g/mol. The van der Waals surface area contributed by atoms with Crippen LogP contribution in [0.1, 0.15) is 47.5 Å². The maximum absolute atomic E-state index is 14.9. The first kappa shape index (κ1) is 37.9. The minimum atomic E-state index is -0.623.